The fraction of sp³-hybridized carbons (Fsp3) is 0.273. The Kier molecular flexibility index (Phi) is 2.68. The van der Waals surface area contributed by atoms with E-state index in [1.54, 1.807) is 17.5 Å². The van der Waals surface area contributed by atoms with Crippen molar-refractivity contribution in [3.63, 3.8) is 0 Å². The topological polar surface area (TPSA) is 34.9 Å². The third kappa shape index (κ3) is 1.85. The molecule has 15 heavy (non-hydrogen) atoms. The van der Waals surface area contributed by atoms with Crippen molar-refractivity contribution in [1.29, 1.82) is 0 Å². The van der Waals surface area contributed by atoms with Gasteiger partial charge in [0.25, 0.3) is 0 Å². The van der Waals surface area contributed by atoms with Gasteiger partial charge in [-0.05, 0) is 25.3 Å². The molecule has 0 bridgehead atoms. The highest BCUT2D eigenvalue weighted by Gasteiger charge is 2.12. The minimum atomic E-state index is 0.275. The summed E-state index contributed by atoms with van der Waals surface area (Å²) in [6.45, 7) is 4.08. The number of thiophene rings is 1. The highest BCUT2D eigenvalue weighted by Crippen LogP contribution is 2.26. The van der Waals surface area contributed by atoms with Gasteiger partial charge in [0.2, 0.25) is 0 Å². The van der Waals surface area contributed by atoms with Gasteiger partial charge in [0.1, 0.15) is 5.69 Å². The van der Waals surface area contributed by atoms with E-state index < -0.39 is 0 Å². The first-order valence-corrected chi connectivity index (χ1v) is 5.68. The van der Waals surface area contributed by atoms with Crippen LogP contribution in [0.15, 0.2) is 23.7 Å². The molecule has 0 aliphatic carbocycles. The summed E-state index contributed by atoms with van der Waals surface area (Å²) < 4.78 is 1.82. The molecule has 0 aliphatic rings. The Hall–Kier alpha value is -1.42. The van der Waals surface area contributed by atoms with Gasteiger partial charge in [-0.1, -0.05) is 6.07 Å². The normalized spacial score (nSPS) is 10.9. The van der Waals surface area contributed by atoms with Crippen LogP contribution in [0, 0.1) is 0 Å². The Bertz CT molecular complexity index is 457. The fourth-order valence-corrected chi connectivity index (χ4v) is 2.09. The molecule has 0 radical (unpaired) electrons. The number of nitrogens with zero attached hydrogens (tertiary/aromatic N) is 2. The summed E-state index contributed by atoms with van der Waals surface area (Å²) in [7, 11) is 0. The van der Waals surface area contributed by atoms with Gasteiger partial charge in [0.15, 0.2) is 6.29 Å². The molecule has 0 fully saturated rings. The van der Waals surface area contributed by atoms with Crippen molar-refractivity contribution in [3.8, 4) is 10.6 Å². The molecule has 78 valence electrons. The zero-order chi connectivity index (χ0) is 10.8. The van der Waals surface area contributed by atoms with Crippen LogP contribution in [0.3, 0.4) is 0 Å². The van der Waals surface area contributed by atoms with E-state index in [2.05, 4.69) is 5.10 Å². The van der Waals surface area contributed by atoms with Crippen molar-refractivity contribution in [2.75, 3.05) is 0 Å². The van der Waals surface area contributed by atoms with Crippen molar-refractivity contribution in [2.45, 2.75) is 19.9 Å². The lowest BCUT2D eigenvalue weighted by Gasteiger charge is -2.02. The molecule has 2 heterocycles. The van der Waals surface area contributed by atoms with Crippen LogP contribution in [-0.2, 0) is 0 Å². The number of carbonyl (C=O) groups excluding carboxylic acids is 1. The lowest BCUT2D eigenvalue weighted by atomic mass is 10.2. The number of aldehydes is 1. The molecule has 2 aromatic rings. The second kappa shape index (κ2) is 3.98. The molecule has 0 saturated heterocycles. The molecule has 4 heteroatoms. The molecule has 0 N–H and O–H groups in total. The summed E-state index contributed by atoms with van der Waals surface area (Å²) >= 11 is 1.60. The van der Waals surface area contributed by atoms with Gasteiger partial charge >= 0.3 is 0 Å². The van der Waals surface area contributed by atoms with E-state index in [4.69, 9.17) is 0 Å². The van der Waals surface area contributed by atoms with E-state index in [9.17, 15) is 4.79 Å². The standard InChI is InChI=1S/C11H12N2OS/c1-8(2)13-6-9(7-14)11(12-13)10-4-3-5-15-10/h3-8H,1-2H3. The first-order valence-electron chi connectivity index (χ1n) is 4.80. The van der Waals surface area contributed by atoms with Crippen molar-refractivity contribution in [3.05, 3.63) is 29.3 Å². The molecule has 2 aromatic heterocycles. The van der Waals surface area contributed by atoms with Crippen LogP contribution in [0.25, 0.3) is 10.6 Å². The molecule has 0 aliphatic heterocycles. The third-order valence-electron chi connectivity index (χ3n) is 2.17. The van der Waals surface area contributed by atoms with Gasteiger partial charge in [0, 0.05) is 12.2 Å². The zero-order valence-corrected chi connectivity index (χ0v) is 9.49. The van der Waals surface area contributed by atoms with E-state index in [0.29, 0.717) is 5.56 Å². The second-order valence-corrected chi connectivity index (χ2v) is 4.55. The Labute approximate surface area is 92.4 Å². The summed E-state index contributed by atoms with van der Waals surface area (Å²) in [5, 5.41) is 6.40. The van der Waals surface area contributed by atoms with E-state index in [-0.39, 0.29) is 6.04 Å². The second-order valence-electron chi connectivity index (χ2n) is 3.60. The molecular weight excluding hydrogens is 208 g/mol. The Morgan fingerprint density at radius 2 is 2.33 bits per heavy atom. The summed E-state index contributed by atoms with van der Waals surface area (Å²) in [5.74, 6) is 0. The monoisotopic (exact) mass is 220 g/mol. The van der Waals surface area contributed by atoms with E-state index in [0.717, 1.165) is 16.9 Å². The summed E-state index contributed by atoms with van der Waals surface area (Å²) in [5.41, 5.74) is 1.44. The van der Waals surface area contributed by atoms with E-state index in [1.807, 2.05) is 36.0 Å². The van der Waals surface area contributed by atoms with Gasteiger partial charge in [-0.25, -0.2) is 0 Å². The van der Waals surface area contributed by atoms with Crippen molar-refractivity contribution in [2.24, 2.45) is 0 Å². The predicted molar refractivity (Wildman–Crippen MR) is 61.3 cm³/mol. The fourth-order valence-electron chi connectivity index (χ4n) is 1.36. The summed E-state index contributed by atoms with van der Waals surface area (Å²) in [4.78, 5) is 11.9. The van der Waals surface area contributed by atoms with Gasteiger partial charge < -0.3 is 0 Å². The lowest BCUT2D eigenvalue weighted by molar-refractivity contribution is 0.112. The van der Waals surface area contributed by atoms with Crippen LogP contribution in [0.2, 0.25) is 0 Å². The van der Waals surface area contributed by atoms with Crippen molar-refractivity contribution >= 4 is 17.6 Å². The Morgan fingerprint density at radius 3 is 2.87 bits per heavy atom. The van der Waals surface area contributed by atoms with Gasteiger partial charge in [-0.3, -0.25) is 9.48 Å². The van der Waals surface area contributed by atoms with Crippen LogP contribution in [0.4, 0.5) is 0 Å². The predicted octanol–water partition coefficient (Wildman–Crippen LogP) is 3.01. The Balaban J connectivity index is 2.51. The summed E-state index contributed by atoms with van der Waals surface area (Å²) in [6, 6.07) is 4.21. The first kappa shape index (κ1) is 10.1. The molecule has 2 rings (SSSR count). The maximum absolute atomic E-state index is 10.9. The van der Waals surface area contributed by atoms with Crippen LogP contribution in [0.5, 0.6) is 0 Å². The average molecular weight is 220 g/mol. The molecular formula is C11H12N2OS. The highest BCUT2D eigenvalue weighted by atomic mass is 32.1. The molecule has 0 spiro atoms. The van der Waals surface area contributed by atoms with Gasteiger partial charge in [-0.15, -0.1) is 11.3 Å². The van der Waals surface area contributed by atoms with Crippen molar-refractivity contribution < 1.29 is 4.79 Å². The maximum Gasteiger partial charge on any atom is 0.153 e. The summed E-state index contributed by atoms with van der Waals surface area (Å²) in [6.07, 6.45) is 2.66. The van der Waals surface area contributed by atoms with Crippen molar-refractivity contribution in [1.82, 2.24) is 9.78 Å². The van der Waals surface area contributed by atoms with Crippen LogP contribution in [-0.4, -0.2) is 16.1 Å². The Morgan fingerprint density at radius 1 is 1.53 bits per heavy atom. The van der Waals surface area contributed by atoms with Crippen LogP contribution < -0.4 is 0 Å². The molecule has 0 atom stereocenters. The first-order chi connectivity index (χ1) is 7.22. The quantitative estimate of drug-likeness (QED) is 0.745. The number of hydrogen-bond acceptors (Lipinski definition) is 3. The molecule has 0 saturated carbocycles. The zero-order valence-electron chi connectivity index (χ0n) is 8.68. The highest BCUT2D eigenvalue weighted by molar-refractivity contribution is 7.13. The van der Waals surface area contributed by atoms with Gasteiger partial charge in [0.05, 0.1) is 10.4 Å². The smallest absolute Gasteiger partial charge is 0.153 e. The molecule has 0 aromatic carbocycles. The maximum atomic E-state index is 10.9. The number of carbonyl (C=O) groups is 1. The van der Waals surface area contributed by atoms with E-state index >= 15 is 0 Å². The van der Waals surface area contributed by atoms with Gasteiger partial charge in [-0.2, -0.15) is 5.10 Å². The average Bonchev–Trinajstić information content (AvgIpc) is 2.86. The molecule has 0 amide bonds. The number of rotatable bonds is 3. The SMILES string of the molecule is CC(C)n1cc(C=O)c(-c2cccs2)n1. The van der Waals surface area contributed by atoms with Crippen LogP contribution >= 0.6 is 11.3 Å². The van der Waals surface area contributed by atoms with Crippen LogP contribution in [0.1, 0.15) is 30.2 Å². The molecule has 0 unspecified atom stereocenters. The lowest BCUT2D eigenvalue weighted by Crippen LogP contribution is -2.00. The largest absolute Gasteiger partial charge is 0.298 e. The molecule has 3 nitrogen and oxygen atoms in total. The minimum absolute atomic E-state index is 0.275. The third-order valence-corrected chi connectivity index (χ3v) is 3.05. The van der Waals surface area contributed by atoms with E-state index in [1.165, 1.54) is 0 Å². The minimum Gasteiger partial charge on any atom is -0.298 e. The number of hydrogen-bond donors (Lipinski definition) is 0. The number of aromatic nitrogens is 2.